The molecule has 1 aromatic rings. The van der Waals surface area contributed by atoms with E-state index in [0.717, 1.165) is 25.7 Å². The highest BCUT2D eigenvalue weighted by Crippen LogP contribution is 2.28. The Hall–Kier alpha value is -1.52. The van der Waals surface area contributed by atoms with Gasteiger partial charge in [0.25, 0.3) is 5.56 Å². The third-order valence-electron chi connectivity index (χ3n) is 4.00. The van der Waals surface area contributed by atoms with E-state index in [1.54, 1.807) is 6.92 Å². The van der Waals surface area contributed by atoms with Gasteiger partial charge in [0.1, 0.15) is 0 Å². The summed E-state index contributed by atoms with van der Waals surface area (Å²) in [5.41, 5.74) is -0.640. The molecule has 2 rings (SSSR count). The average molecular weight is 266 g/mol. The SMILES string of the molecule is CCc1c(O)n(C2CCCCCCC2)c(=O)[nH]c1=O. The topological polar surface area (TPSA) is 75.1 Å². The number of aromatic amines is 1. The van der Waals surface area contributed by atoms with E-state index in [1.165, 1.54) is 23.8 Å². The average Bonchev–Trinajstić information content (AvgIpc) is 2.31. The van der Waals surface area contributed by atoms with Gasteiger partial charge in [-0.3, -0.25) is 14.3 Å². The highest BCUT2D eigenvalue weighted by atomic mass is 16.3. The van der Waals surface area contributed by atoms with Gasteiger partial charge in [0.2, 0.25) is 5.88 Å². The minimum Gasteiger partial charge on any atom is -0.494 e. The van der Waals surface area contributed by atoms with Crippen LogP contribution in [0.2, 0.25) is 0 Å². The summed E-state index contributed by atoms with van der Waals surface area (Å²) in [4.78, 5) is 25.9. The summed E-state index contributed by atoms with van der Waals surface area (Å²) in [6.07, 6.45) is 7.94. The van der Waals surface area contributed by atoms with Crippen LogP contribution >= 0.6 is 0 Å². The molecule has 1 heterocycles. The van der Waals surface area contributed by atoms with Gasteiger partial charge in [-0.15, -0.1) is 0 Å². The van der Waals surface area contributed by atoms with Gasteiger partial charge in [0, 0.05) is 6.04 Å². The summed E-state index contributed by atoms with van der Waals surface area (Å²) >= 11 is 0. The molecule has 0 unspecified atom stereocenters. The Morgan fingerprint density at radius 1 is 1.16 bits per heavy atom. The molecule has 1 aliphatic rings. The molecule has 0 radical (unpaired) electrons. The number of nitrogens with one attached hydrogen (secondary N) is 1. The maximum atomic E-state index is 12.0. The molecule has 106 valence electrons. The standard InChI is InChI=1S/C14H22N2O3/c1-2-11-12(17)15-14(19)16(13(11)18)10-8-6-4-3-5-7-9-10/h10,18H,2-9H2,1H3,(H,15,17,19). The minimum atomic E-state index is -0.481. The van der Waals surface area contributed by atoms with Gasteiger partial charge < -0.3 is 5.11 Å². The van der Waals surface area contributed by atoms with E-state index >= 15 is 0 Å². The summed E-state index contributed by atoms with van der Waals surface area (Å²) in [6.45, 7) is 1.80. The van der Waals surface area contributed by atoms with Gasteiger partial charge in [-0.25, -0.2) is 4.79 Å². The molecule has 1 saturated carbocycles. The van der Waals surface area contributed by atoms with E-state index < -0.39 is 11.2 Å². The quantitative estimate of drug-likeness (QED) is 0.860. The fourth-order valence-corrected chi connectivity index (χ4v) is 2.93. The number of hydrogen-bond acceptors (Lipinski definition) is 3. The molecular formula is C14H22N2O3. The number of hydrogen-bond donors (Lipinski definition) is 2. The predicted octanol–water partition coefficient (Wildman–Crippen LogP) is 2.09. The number of H-pyrrole nitrogens is 1. The summed E-state index contributed by atoms with van der Waals surface area (Å²) in [5.74, 6) is -0.137. The van der Waals surface area contributed by atoms with E-state index in [2.05, 4.69) is 4.98 Å². The lowest BCUT2D eigenvalue weighted by Crippen LogP contribution is -2.34. The first kappa shape index (κ1) is 13.9. The lowest BCUT2D eigenvalue weighted by molar-refractivity contribution is 0.309. The van der Waals surface area contributed by atoms with E-state index in [4.69, 9.17) is 0 Å². The van der Waals surface area contributed by atoms with Crippen LogP contribution in [0.3, 0.4) is 0 Å². The third-order valence-corrected chi connectivity index (χ3v) is 4.00. The van der Waals surface area contributed by atoms with Crippen molar-refractivity contribution in [3.8, 4) is 5.88 Å². The zero-order valence-corrected chi connectivity index (χ0v) is 11.4. The third kappa shape index (κ3) is 2.91. The van der Waals surface area contributed by atoms with Crippen molar-refractivity contribution in [1.29, 1.82) is 0 Å². The first-order valence-electron chi connectivity index (χ1n) is 7.21. The summed E-state index contributed by atoms with van der Waals surface area (Å²) < 4.78 is 1.39. The van der Waals surface area contributed by atoms with Crippen LogP contribution in [0.25, 0.3) is 0 Å². The maximum absolute atomic E-state index is 12.0. The van der Waals surface area contributed by atoms with Crippen LogP contribution in [0.15, 0.2) is 9.59 Å². The van der Waals surface area contributed by atoms with Crippen LogP contribution in [0.5, 0.6) is 5.88 Å². The second-order valence-electron chi connectivity index (χ2n) is 5.28. The van der Waals surface area contributed by atoms with Gasteiger partial charge >= 0.3 is 5.69 Å². The van der Waals surface area contributed by atoms with Crippen molar-refractivity contribution in [2.24, 2.45) is 0 Å². The fourth-order valence-electron chi connectivity index (χ4n) is 2.93. The van der Waals surface area contributed by atoms with Crippen molar-refractivity contribution in [2.45, 2.75) is 64.3 Å². The zero-order valence-electron chi connectivity index (χ0n) is 11.4. The number of rotatable bonds is 2. The molecule has 1 fully saturated rings. The lowest BCUT2D eigenvalue weighted by atomic mass is 9.96. The first-order chi connectivity index (χ1) is 9.15. The molecule has 0 saturated heterocycles. The molecule has 19 heavy (non-hydrogen) atoms. The Morgan fingerprint density at radius 3 is 2.32 bits per heavy atom. The van der Waals surface area contributed by atoms with Gasteiger partial charge in [-0.05, 0) is 19.3 Å². The Bertz CT molecular complexity index is 537. The van der Waals surface area contributed by atoms with Crippen molar-refractivity contribution >= 4 is 0 Å². The number of aromatic hydroxyl groups is 1. The molecule has 0 amide bonds. The largest absolute Gasteiger partial charge is 0.494 e. The summed E-state index contributed by atoms with van der Waals surface area (Å²) in [7, 11) is 0. The lowest BCUT2D eigenvalue weighted by Gasteiger charge is -2.23. The molecule has 0 spiro atoms. The van der Waals surface area contributed by atoms with Crippen LogP contribution in [-0.2, 0) is 6.42 Å². The number of nitrogens with zero attached hydrogens (tertiary/aromatic N) is 1. The Kier molecular flexibility index (Phi) is 4.45. The molecule has 0 bridgehead atoms. The van der Waals surface area contributed by atoms with Crippen LogP contribution < -0.4 is 11.2 Å². The Labute approximate surface area is 112 Å². The molecule has 0 atom stereocenters. The van der Waals surface area contributed by atoms with E-state index in [0.29, 0.717) is 12.0 Å². The van der Waals surface area contributed by atoms with Crippen molar-refractivity contribution < 1.29 is 5.11 Å². The Morgan fingerprint density at radius 2 is 1.74 bits per heavy atom. The second-order valence-corrected chi connectivity index (χ2v) is 5.28. The van der Waals surface area contributed by atoms with Gasteiger partial charge in [-0.1, -0.05) is 39.0 Å². The number of aromatic nitrogens is 2. The molecule has 5 heteroatoms. The van der Waals surface area contributed by atoms with Crippen LogP contribution in [-0.4, -0.2) is 14.7 Å². The van der Waals surface area contributed by atoms with Crippen LogP contribution in [0.4, 0.5) is 0 Å². The Balaban J connectivity index is 2.42. The van der Waals surface area contributed by atoms with Crippen molar-refractivity contribution in [3.05, 3.63) is 26.4 Å². The van der Waals surface area contributed by atoms with E-state index in [9.17, 15) is 14.7 Å². The van der Waals surface area contributed by atoms with Crippen molar-refractivity contribution in [1.82, 2.24) is 9.55 Å². The summed E-state index contributed by atoms with van der Waals surface area (Å²) in [6, 6.07) is 0.00921. The highest BCUT2D eigenvalue weighted by Gasteiger charge is 2.20. The van der Waals surface area contributed by atoms with E-state index in [1.807, 2.05) is 0 Å². The molecule has 0 aliphatic heterocycles. The second kappa shape index (κ2) is 6.08. The van der Waals surface area contributed by atoms with Crippen LogP contribution in [0, 0.1) is 0 Å². The van der Waals surface area contributed by atoms with Gasteiger partial charge in [-0.2, -0.15) is 0 Å². The highest BCUT2D eigenvalue weighted by molar-refractivity contribution is 5.23. The zero-order chi connectivity index (χ0) is 13.8. The molecular weight excluding hydrogens is 244 g/mol. The van der Waals surface area contributed by atoms with E-state index in [-0.39, 0.29) is 11.9 Å². The molecule has 2 N–H and O–H groups in total. The normalized spacial score (nSPS) is 17.9. The smallest absolute Gasteiger partial charge is 0.331 e. The van der Waals surface area contributed by atoms with Crippen molar-refractivity contribution in [2.75, 3.05) is 0 Å². The first-order valence-corrected chi connectivity index (χ1v) is 7.21. The van der Waals surface area contributed by atoms with Gasteiger partial charge in [0.15, 0.2) is 0 Å². The maximum Gasteiger partial charge on any atom is 0.331 e. The minimum absolute atomic E-state index is 0.00921. The monoisotopic (exact) mass is 266 g/mol. The van der Waals surface area contributed by atoms with Crippen LogP contribution in [0.1, 0.15) is 63.5 Å². The fraction of sp³-hybridized carbons (Fsp3) is 0.714. The molecule has 1 aliphatic carbocycles. The molecule has 0 aromatic carbocycles. The molecule has 1 aromatic heterocycles. The van der Waals surface area contributed by atoms with Gasteiger partial charge in [0.05, 0.1) is 5.56 Å². The predicted molar refractivity (Wildman–Crippen MR) is 73.7 cm³/mol. The molecule has 5 nitrogen and oxygen atoms in total. The summed E-state index contributed by atoms with van der Waals surface area (Å²) in [5, 5.41) is 10.2. The van der Waals surface area contributed by atoms with Crippen molar-refractivity contribution in [3.63, 3.8) is 0 Å².